The van der Waals surface area contributed by atoms with E-state index in [1.807, 2.05) is 0 Å². The summed E-state index contributed by atoms with van der Waals surface area (Å²) in [5.74, 6) is -2.30. The van der Waals surface area contributed by atoms with Gasteiger partial charge in [-0.2, -0.15) is 8.42 Å². The Bertz CT molecular complexity index is 549. The molecule has 0 aliphatic heterocycles. The molecule has 78 valence electrons. The van der Waals surface area contributed by atoms with Gasteiger partial charge in [-0.3, -0.25) is 14.1 Å². The van der Waals surface area contributed by atoms with E-state index in [2.05, 4.69) is 10.0 Å². The summed E-state index contributed by atoms with van der Waals surface area (Å²) in [6.07, 6.45) is 1.37. The third-order valence-corrected chi connectivity index (χ3v) is 2.37. The zero-order chi connectivity index (χ0) is 11.6. The molecule has 0 saturated carbocycles. The largest absolute Gasteiger partial charge is 0.295 e. The van der Waals surface area contributed by atoms with Crippen LogP contribution in [0.3, 0.4) is 0 Å². The minimum absolute atomic E-state index is 0.668. The van der Waals surface area contributed by atoms with Crippen LogP contribution in [0.2, 0.25) is 0 Å². The molecular formula is C6H3N3O5S. The quantitative estimate of drug-likeness (QED) is 0.179. The molecule has 0 atom stereocenters. The van der Waals surface area contributed by atoms with Crippen LogP contribution in [-0.4, -0.2) is 24.5 Å². The molecule has 0 spiro atoms. The number of azide groups is 1. The van der Waals surface area contributed by atoms with Gasteiger partial charge in [0, 0.05) is 4.91 Å². The van der Waals surface area contributed by atoms with E-state index in [1.165, 1.54) is 0 Å². The van der Waals surface area contributed by atoms with E-state index in [-0.39, 0.29) is 0 Å². The van der Waals surface area contributed by atoms with Gasteiger partial charge in [0.15, 0.2) is 0 Å². The highest BCUT2D eigenvalue weighted by atomic mass is 32.2. The lowest BCUT2D eigenvalue weighted by Crippen LogP contribution is -2.20. The minimum Gasteiger partial charge on any atom is -0.286 e. The van der Waals surface area contributed by atoms with E-state index >= 15 is 0 Å². The Morgan fingerprint density at radius 3 is 2.40 bits per heavy atom. The van der Waals surface area contributed by atoms with Gasteiger partial charge in [0.05, 0.1) is 0 Å². The van der Waals surface area contributed by atoms with E-state index in [9.17, 15) is 18.0 Å². The van der Waals surface area contributed by atoms with Crippen LogP contribution in [0.1, 0.15) is 0 Å². The topological polar surface area (TPSA) is 137 Å². The van der Waals surface area contributed by atoms with Crippen LogP contribution in [-0.2, 0) is 19.7 Å². The van der Waals surface area contributed by atoms with Crippen LogP contribution in [0.15, 0.2) is 27.9 Å². The number of carbonyl (C=O) groups is 2. The van der Waals surface area contributed by atoms with Crippen molar-refractivity contribution < 1.29 is 22.6 Å². The second-order valence-electron chi connectivity index (χ2n) is 2.40. The predicted octanol–water partition coefficient (Wildman–Crippen LogP) is 0.104. The van der Waals surface area contributed by atoms with Crippen molar-refractivity contribution >= 4 is 21.7 Å². The van der Waals surface area contributed by atoms with E-state index in [1.54, 1.807) is 0 Å². The van der Waals surface area contributed by atoms with Crippen LogP contribution in [0.25, 0.3) is 10.4 Å². The average Bonchev–Trinajstić information content (AvgIpc) is 2.11. The molecule has 1 aliphatic rings. The molecule has 0 amide bonds. The van der Waals surface area contributed by atoms with Crippen molar-refractivity contribution in [3.8, 4) is 0 Å². The summed E-state index contributed by atoms with van der Waals surface area (Å²) < 4.78 is 30.1. The van der Waals surface area contributed by atoms with Crippen LogP contribution in [0.5, 0.6) is 0 Å². The number of Topliss-reactive ketones (excluding diaryl/α,β-unsaturated/α-hetero) is 1. The predicted molar refractivity (Wildman–Crippen MR) is 46.9 cm³/mol. The summed E-state index contributed by atoms with van der Waals surface area (Å²) in [6, 6.07) is 0. The summed E-state index contributed by atoms with van der Waals surface area (Å²) in [7, 11) is -4.70. The summed E-state index contributed by atoms with van der Waals surface area (Å²) in [5.41, 5.74) is 7.14. The standard InChI is InChI=1S/C6H3N3O5S/c7-9-8-5-4(15(12,13)14)2-1-3(10)6(5)11/h1-2H,(H,12,13,14). The Morgan fingerprint density at radius 2 is 1.93 bits per heavy atom. The fraction of sp³-hybridized carbons (Fsp3) is 0. The Balaban J connectivity index is 3.56. The second kappa shape index (κ2) is 3.65. The molecule has 8 nitrogen and oxygen atoms in total. The molecule has 0 saturated heterocycles. The Kier molecular flexibility index (Phi) is 2.71. The van der Waals surface area contributed by atoms with E-state index < -0.39 is 32.3 Å². The molecule has 0 aromatic carbocycles. The SMILES string of the molecule is [N-]=[N+]=NC1=C(S(=O)(=O)O)C=CC(=O)C1=O. The summed E-state index contributed by atoms with van der Waals surface area (Å²) in [4.78, 5) is 23.2. The van der Waals surface area contributed by atoms with Crippen LogP contribution in [0, 0.1) is 0 Å². The normalized spacial score (nSPS) is 16.6. The van der Waals surface area contributed by atoms with Crippen LogP contribution in [0.4, 0.5) is 0 Å². The third kappa shape index (κ3) is 2.10. The van der Waals surface area contributed by atoms with Gasteiger partial charge in [-0.15, -0.1) is 0 Å². The van der Waals surface area contributed by atoms with Crippen molar-refractivity contribution in [1.29, 1.82) is 0 Å². The smallest absolute Gasteiger partial charge is 0.286 e. The molecule has 0 aromatic rings. The number of hydrogen-bond acceptors (Lipinski definition) is 5. The molecule has 0 radical (unpaired) electrons. The van der Waals surface area contributed by atoms with Gasteiger partial charge in [0.1, 0.15) is 10.6 Å². The lowest BCUT2D eigenvalue weighted by molar-refractivity contribution is -0.131. The zero-order valence-electron chi connectivity index (χ0n) is 6.98. The summed E-state index contributed by atoms with van der Waals surface area (Å²) >= 11 is 0. The fourth-order valence-corrected chi connectivity index (χ4v) is 1.50. The molecule has 15 heavy (non-hydrogen) atoms. The van der Waals surface area contributed by atoms with Crippen molar-refractivity contribution in [2.24, 2.45) is 5.11 Å². The van der Waals surface area contributed by atoms with Gasteiger partial charge >= 0.3 is 0 Å². The molecular weight excluding hydrogens is 226 g/mol. The molecule has 0 aromatic heterocycles. The molecule has 0 bridgehead atoms. The van der Waals surface area contributed by atoms with Crippen LogP contribution < -0.4 is 0 Å². The molecule has 1 N–H and O–H groups in total. The lowest BCUT2D eigenvalue weighted by atomic mass is 10.1. The van der Waals surface area contributed by atoms with Gasteiger partial charge in [-0.05, 0) is 17.7 Å². The highest BCUT2D eigenvalue weighted by Gasteiger charge is 2.28. The van der Waals surface area contributed by atoms with Gasteiger partial charge in [-0.25, -0.2) is 0 Å². The summed E-state index contributed by atoms with van der Waals surface area (Å²) in [5, 5.41) is 2.76. The highest BCUT2D eigenvalue weighted by Crippen LogP contribution is 2.19. The highest BCUT2D eigenvalue weighted by molar-refractivity contribution is 7.90. The zero-order valence-corrected chi connectivity index (χ0v) is 7.80. The van der Waals surface area contributed by atoms with Crippen LogP contribution >= 0.6 is 0 Å². The third-order valence-electron chi connectivity index (χ3n) is 1.48. The molecule has 0 unspecified atom stereocenters. The molecule has 1 aliphatic carbocycles. The van der Waals surface area contributed by atoms with Gasteiger partial charge in [-0.1, -0.05) is 5.11 Å². The minimum atomic E-state index is -4.70. The van der Waals surface area contributed by atoms with Crippen molar-refractivity contribution in [2.45, 2.75) is 0 Å². The first kappa shape index (κ1) is 11.1. The van der Waals surface area contributed by atoms with E-state index in [4.69, 9.17) is 10.1 Å². The van der Waals surface area contributed by atoms with Crippen molar-refractivity contribution in [3.63, 3.8) is 0 Å². The number of ketones is 2. The maximum atomic E-state index is 11.1. The monoisotopic (exact) mass is 229 g/mol. The van der Waals surface area contributed by atoms with Gasteiger partial charge in [0.2, 0.25) is 11.6 Å². The molecule has 9 heteroatoms. The second-order valence-corrected chi connectivity index (χ2v) is 3.79. The number of hydrogen-bond donors (Lipinski definition) is 1. The van der Waals surface area contributed by atoms with Crippen molar-refractivity contribution in [1.82, 2.24) is 0 Å². The lowest BCUT2D eigenvalue weighted by Gasteiger charge is -2.06. The van der Waals surface area contributed by atoms with Gasteiger partial charge in [0.25, 0.3) is 10.1 Å². The van der Waals surface area contributed by atoms with Crippen molar-refractivity contribution in [3.05, 3.63) is 33.2 Å². The number of nitrogens with zero attached hydrogens (tertiary/aromatic N) is 3. The summed E-state index contributed by atoms with van der Waals surface area (Å²) in [6.45, 7) is 0. The maximum absolute atomic E-state index is 11.1. The first-order valence-corrected chi connectivity index (χ1v) is 4.85. The first-order valence-electron chi connectivity index (χ1n) is 3.41. The fourth-order valence-electron chi connectivity index (χ4n) is 0.882. The van der Waals surface area contributed by atoms with E-state index in [0.29, 0.717) is 12.2 Å². The molecule has 1 rings (SSSR count). The average molecular weight is 229 g/mol. The molecule has 0 fully saturated rings. The number of carbonyl (C=O) groups excluding carboxylic acids is 2. The Labute approximate surface area is 83.3 Å². The number of allylic oxidation sites excluding steroid dienone is 3. The van der Waals surface area contributed by atoms with E-state index in [0.717, 1.165) is 0 Å². The maximum Gasteiger partial charge on any atom is 0.295 e. The van der Waals surface area contributed by atoms with Gasteiger partial charge < -0.3 is 0 Å². The molecule has 0 heterocycles. The Morgan fingerprint density at radius 1 is 1.33 bits per heavy atom. The first-order chi connectivity index (χ1) is 6.88. The van der Waals surface area contributed by atoms with Crippen molar-refractivity contribution in [2.75, 3.05) is 0 Å². The Hall–Kier alpha value is -1.96. The number of rotatable bonds is 2.